The van der Waals surface area contributed by atoms with E-state index in [1.165, 1.54) is 23.9 Å². The highest BCUT2D eigenvalue weighted by molar-refractivity contribution is 8.02. The molecule has 1 heterocycles. The summed E-state index contributed by atoms with van der Waals surface area (Å²) in [5.41, 5.74) is 0.130. The number of anilines is 1. The van der Waals surface area contributed by atoms with E-state index in [0.717, 1.165) is 0 Å². The Hall–Kier alpha value is -1.88. The summed E-state index contributed by atoms with van der Waals surface area (Å²) in [7, 11) is -6.75. The molecule has 1 fully saturated rings. The summed E-state index contributed by atoms with van der Waals surface area (Å²) in [4.78, 5) is 13.7. The number of rotatable bonds is 6. The number of hydrogen-bond acceptors (Lipinski definition) is 6. The van der Waals surface area contributed by atoms with Crippen LogP contribution in [-0.2, 0) is 19.9 Å². The smallest absolute Gasteiger partial charge is 0.256 e. The molecule has 3 rings (SSSR count). The van der Waals surface area contributed by atoms with Crippen molar-refractivity contribution < 1.29 is 21.6 Å². The van der Waals surface area contributed by atoms with Crippen LogP contribution >= 0.6 is 11.8 Å². The molecule has 1 saturated heterocycles. The van der Waals surface area contributed by atoms with Crippen molar-refractivity contribution in [3.63, 3.8) is 0 Å². The van der Waals surface area contributed by atoms with Crippen LogP contribution in [0.15, 0.2) is 58.3 Å². The first kappa shape index (κ1) is 23.8. The standard InChI is InChI=1S/C21H26N2O5S3/c1-21(2,3)23-31(27,28)17-8-6-7-15(13-17)22-20(24)18-9-4-5-10-19(18)29-16-11-12-30(25,26)14-16/h4-10,13,16,23H,11-12,14H2,1-3H3,(H,22,24)/t16-/m1/s1. The van der Waals surface area contributed by atoms with E-state index in [2.05, 4.69) is 10.0 Å². The van der Waals surface area contributed by atoms with Crippen molar-refractivity contribution >= 4 is 43.2 Å². The van der Waals surface area contributed by atoms with E-state index in [0.29, 0.717) is 22.6 Å². The van der Waals surface area contributed by atoms with Crippen molar-refractivity contribution in [3.05, 3.63) is 54.1 Å². The van der Waals surface area contributed by atoms with Gasteiger partial charge in [0, 0.05) is 21.4 Å². The minimum Gasteiger partial charge on any atom is -0.322 e. The monoisotopic (exact) mass is 482 g/mol. The number of nitrogens with one attached hydrogen (secondary N) is 2. The lowest BCUT2D eigenvalue weighted by atomic mass is 10.1. The Balaban J connectivity index is 1.79. The number of sulfone groups is 1. The molecule has 2 aromatic carbocycles. The number of hydrogen-bond donors (Lipinski definition) is 2. The Labute approximate surface area is 188 Å². The Morgan fingerprint density at radius 1 is 1.10 bits per heavy atom. The zero-order chi connectivity index (χ0) is 22.9. The van der Waals surface area contributed by atoms with E-state index < -0.39 is 25.4 Å². The van der Waals surface area contributed by atoms with Crippen LogP contribution < -0.4 is 10.0 Å². The van der Waals surface area contributed by atoms with Crippen molar-refractivity contribution in [2.75, 3.05) is 16.8 Å². The van der Waals surface area contributed by atoms with E-state index in [-0.39, 0.29) is 27.6 Å². The zero-order valence-corrected chi connectivity index (χ0v) is 20.0. The Morgan fingerprint density at radius 2 is 1.81 bits per heavy atom. The lowest BCUT2D eigenvalue weighted by Gasteiger charge is -2.20. The molecule has 31 heavy (non-hydrogen) atoms. The first-order valence-electron chi connectivity index (χ1n) is 9.76. The Morgan fingerprint density at radius 3 is 2.45 bits per heavy atom. The van der Waals surface area contributed by atoms with Crippen LogP contribution in [0.3, 0.4) is 0 Å². The van der Waals surface area contributed by atoms with Gasteiger partial charge in [-0.3, -0.25) is 4.79 Å². The number of amides is 1. The van der Waals surface area contributed by atoms with E-state index in [1.807, 2.05) is 0 Å². The van der Waals surface area contributed by atoms with Gasteiger partial charge in [-0.2, -0.15) is 0 Å². The van der Waals surface area contributed by atoms with Gasteiger partial charge < -0.3 is 5.32 Å². The molecule has 0 saturated carbocycles. The second kappa shape index (κ2) is 8.93. The highest BCUT2D eigenvalue weighted by atomic mass is 32.2. The molecule has 0 aliphatic carbocycles. The van der Waals surface area contributed by atoms with Crippen LogP contribution in [0.1, 0.15) is 37.6 Å². The molecule has 1 aliphatic rings. The Kier molecular flexibility index (Phi) is 6.85. The van der Waals surface area contributed by atoms with E-state index in [9.17, 15) is 21.6 Å². The summed E-state index contributed by atoms with van der Waals surface area (Å²) in [5.74, 6) is -0.112. The van der Waals surface area contributed by atoms with Crippen LogP contribution in [0, 0.1) is 0 Å². The minimum atomic E-state index is -3.74. The minimum absolute atomic E-state index is 0.0547. The van der Waals surface area contributed by atoms with Crippen molar-refractivity contribution in [2.24, 2.45) is 0 Å². The average molecular weight is 483 g/mol. The first-order chi connectivity index (χ1) is 14.3. The number of carbonyl (C=O) groups excluding carboxylic acids is 1. The summed E-state index contributed by atoms with van der Waals surface area (Å²) in [6.45, 7) is 5.25. The molecule has 0 bridgehead atoms. The molecule has 1 amide bonds. The van der Waals surface area contributed by atoms with E-state index in [4.69, 9.17) is 0 Å². The van der Waals surface area contributed by atoms with Gasteiger partial charge in [-0.15, -0.1) is 11.8 Å². The summed E-state index contributed by atoms with van der Waals surface area (Å²) in [6, 6.07) is 13.1. The van der Waals surface area contributed by atoms with E-state index in [1.54, 1.807) is 57.2 Å². The molecular weight excluding hydrogens is 456 g/mol. The maximum atomic E-state index is 12.9. The lowest BCUT2D eigenvalue weighted by molar-refractivity contribution is 0.102. The second-order valence-electron chi connectivity index (χ2n) is 8.48. The molecular formula is C21H26N2O5S3. The van der Waals surface area contributed by atoms with Crippen LogP contribution in [0.4, 0.5) is 5.69 Å². The van der Waals surface area contributed by atoms with Gasteiger partial charge >= 0.3 is 0 Å². The van der Waals surface area contributed by atoms with Crippen LogP contribution in [0.25, 0.3) is 0 Å². The fourth-order valence-corrected chi connectivity index (χ4v) is 8.28. The summed E-state index contributed by atoms with van der Waals surface area (Å²) in [5, 5.41) is 2.67. The maximum absolute atomic E-state index is 12.9. The third-order valence-electron chi connectivity index (χ3n) is 4.46. The normalized spacial score (nSPS) is 18.6. The third kappa shape index (κ3) is 6.55. The molecule has 10 heteroatoms. The molecule has 7 nitrogen and oxygen atoms in total. The van der Waals surface area contributed by atoms with Crippen molar-refractivity contribution in [1.29, 1.82) is 0 Å². The molecule has 0 radical (unpaired) electrons. The Bertz CT molecular complexity index is 1190. The van der Waals surface area contributed by atoms with Gasteiger partial charge in [0.15, 0.2) is 9.84 Å². The zero-order valence-electron chi connectivity index (χ0n) is 17.6. The molecule has 1 aliphatic heterocycles. The van der Waals surface area contributed by atoms with Gasteiger partial charge in [0.25, 0.3) is 5.91 Å². The fourth-order valence-electron chi connectivity index (χ4n) is 3.19. The lowest BCUT2D eigenvalue weighted by Crippen LogP contribution is -2.40. The van der Waals surface area contributed by atoms with Gasteiger partial charge in [0.2, 0.25) is 10.0 Å². The number of sulfonamides is 1. The fraction of sp³-hybridized carbons (Fsp3) is 0.381. The highest BCUT2D eigenvalue weighted by Crippen LogP contribution is 2.33. The van der Waals surface area contributed by atoms with Crippen LogP contribution in [0.2, 0.25) is 0 Å². The molecule has 0 aromatic heterocycles. The number of benzene rings is 2. The van der Waals surface area contributed by atoms with Gasteiger partial charge in [0.05, 0.1) is 22.0 Å². The third-order valence-corrected chi connectivity index (χ3v) is 9.54. The highest BCUT2D eigenvalue weighted by Gasteiger charge is 2.29. The van der Waals surface area contributed by atoms with Crippen molar-refractivity contribution in [1.82, 2.24) is 4.72 Å². The molecule has 1 atom stereocenters. The summed E-state index contributed by atoms with van der Waals surface area (Å²) >= 11 is 1.39. The quantitative estimate of drug-likeness (QED) is 0.654. The number of thioether (sulfide) groups is 1. The van der Waals surface area contributed by atoms with Gasteiger partial charge in [0.1, 0.15) is 0 Å². The van der Waals surface area contributed by atoms with Gasteiger partial charge in [-0.1, -0.05) is 18.2 Å². The predicted molar refractivity (Wildman–Crippen MR) is 124 cm³/mol. The van der Waals surface area contributed by atoms with E-state index >= 15 is 0 Å². The van der Waals surface area contributed by atoms with Gasteiger partial charge in [-0.25, -0.2) is 21.6 Å². The van der Waals surface area contributed by atoms with Crippen molar-refractivity contribution in [2.45, 2.75) is 47.8 Å². The second-order valence-corrected chi connectivity index (χ2v) is 13.7. The van der Waals surface area contributed by atoms with Crippen LogP contribution in [0.5, 0.6) is 0 Å². The SMILES string of the molecule is CC(C)(C)NS(=O)(=O)c1cccc(NC(=O)c2ccccc2S[C@@H]2CCS(=O)(=O)C2)c1. The summed E-state index contributed by atoms with van der Waals surface area (Å²) < 4.78 is 51.2. The van der Waals surface area contributed by atoms with Crippen LogP contribution in [-0.4, -0.2) is 45.0 Å². The molecule has 2 aromatic rings. The maximum Gasteiger partial charge on any atom is 0.256 e. The topological polar surface area (TPSA) is 109 Å². The number of carbonyl (C=O) groups is 1. The summed E-state index contributed by atoms with van der Waals surface area (Å²) in [6.07, 6.45) is 0.559. The largest absolute Gasteiger partial charge is 0.322 e. The molecule has 2 N–H and O–H groups in total. The molecule has 0 spiro atoms. The average Bonchev–Trinajstić information content (AvgIpc) is 2.99. The molecule has 0 unspecified atom stereocenters. The molecule has 168 valence electrons. The van der Waals surface area contributed by atoms with Crippen molar-refractivity contribution in [3.8, 4) is 0 Å². The van der Waals surface area contributed by atoms with Gasteiger partial charge in [-0.05, 0) is 57.5 Å². The predicted octanol–water partition coefficient (Wildman–Crippen LogP) is 3.29. The first-order valence-corrected chi connectivity index (χ1v) is 13.9.